The zero-order valence-corrected chi connectivity index (χ0v) is 10.5. The second-order valence-corrected chi connectivity index (χ2v) is 5.03. The average Bonchev–Trinajstić information content (AvgIpc) is 3.23. The number of hydrogen-bond acceptors (Lipinski definition) is 6. The topological polar surface area (TPSA) is 65.3 Å². The molecule has 3 unspecified atom stereocenters. The molecule has 3 heterocycles. The molecule has 0 aromatic heterocycles. The van der Waals surface area contributed by atoms with Crippen molar-refractivity contribution in [1.29, 1.82) is 0 Å². The van der Waals surface area contributed by atoms with Gasteiger partial charge in [-0.1, -0.05) is 0 Å². The van der Waals surface area contributed by atoms with Gasteiger partial charge in [0, 0.05) is 0 Å². The predicted octanol–water partition coefficient (Wildman–Crippen LogP) is -0.397. The maximum absolute atomic E-state index is 5.53. The molecule has 0 radical (unpaired) electrons. The van der Waals surface area contributed by atoms with Crippen molar-refractivity contribution >= 4 is 0 Å². The molecule has 6 nitrogen and oxygen atoms in total. The summed E-state index contributed by atoms with van der Waals surface area (Å²) in [6, 6.07) is 0. The van der Waals surface area contributed by atoms with Gasteiger partial charge in [0.15, 0.2) is 0 Å². The second kappa shape index (κ2) is 5.81. The molecule has 3 rings (SSSR count). The lowest BCUT2D eigenvalue weighted by Crippen LogP contribution is -2.28. The van der Waals surface area contributed by atoms with E-state index in [-0.39, 0.29) is 5.60 Å². The highest BCUT2D eigenvalue weighted by Gasteiger charge is 2.45. The summed E-state index contributed by atoms with van der Waals surface area (Å²) < 4.78 is 31.9. The molecule has 3 aliphatic heterocycles. The summed E-state index contributed by atoms with van der Waals surface area (Å²) in [6.45, 7) is 6.06. The van der Waals surface area contributed by atoms with Crippen LogP contribution in [0.2, 0.25) is 0 Å². The van der Waals surface area contributed by atoms with Crippen molar-refractivity contribution < 1.29 is 28.4 Å². The Kier molecular flexibility index (Phi) is 4.13. The molecule has 3 aliphatic rings. The first-order valence-corrected chi connectivity index (χ1v) is 6.47. The summed E-state index contributed by atoms with van der Waals surface area (Å²) in [4.78, 5) is 0. The van der Waals surface area contributed by atoms with Crippen LogP contribution in [-0.2, 0) is 28.4 Å². The van der Waals surface area contributed by atoms with Gasteiger partial charge in [-0.2, -0.15) is 0 Å². The van der Waals surface area contributed by atoms with Gasteiger partial charge in [-0.05, 0) is 0 Å². The predicted molar refractivity (Wildman–Crippen MR) is 60.6 cm³/mol. The molecule has 104 valence electrons. The minimum Gasteiger partial charge on any atom is -0.376 e. The van der Waals surface area contributed by atoms with Gasteiger partial charge < -0.3 is 28.4 Å². The van der Waals surface area contributed by atoms with Crippen LogP contribution in [0, 0.1) is 0 Å². The Balaban J connectivity index is 1.16. The average molecular weight is 260 g/mol. The number of epoxide rings is 3. The SMILES string of the molecule is C(COCC1(COCC2CO2)CO1)OCC1CO1. The fourth-order valence-corrected chi connectivity index (χ4v) is 1.61. The van der Waals surface area contributed by atoms with Crippen molar-refractivity contribution in [3.05, 3.63) is 0 Å². The standard InChI is InChI=1S/C12H20O6/c1(13-3-10-5-16-10)2-14-7-12(9-18-12)8-15-4-11-6-17-11/h10-11H,1-9H2. The Labute approximate surface area is 106 Å². The van der Waals surface area contributed by atoms with E-state index in [1.807, 2.05) is 0 Å². The first-order chi connectivity index (χ1) is 8.86. The van der Waals surface area contributed by atoms with Crippen LogP contribution in [0.1, 0.15) is 0 Å². The fraction of sp³-hybridized carbons (Fsp3) is 1.00. The van der Waals surface area contributed by atoms with Gasteiger partial charge in [0.2, 0.25) is 0 Å². The zero-order chi connectivity index (χ0) is 12.3. The summed E-state index contributed by atoms with van der Waals surface area (Å²) in [7, 11) is 0. The van der Waals surface area contributed by atoms with Gasteiger partial charge in [0.05, 0.1) is 59.5 Å². The smallest absolute Gasteiger partial charge is 0.138 e. The quantitative estimate of drug-likeness (QED) is 0.372. The van der Waals surface area contributed by atoms with E-state index in [9.17, 15) is 0 Å². The van der Waals surface area contributed by atoms with Crippen LogP contribution in [0.15, 0.2) is 0 Å². The van der Waals surface area contributed by atoms with E-state index >= 15 is 0 Å². The van der Waals surface area contributed by atoms with Crippen LogP contribution in [0.25, 0.3) is 0 Å². The molecule has 0 N–H and O–H groups in total. The van der Waals surface area contributed by atoms with Gasteiger partial charge in [-0.25, -0.2) is 0 Å². The van der Waals surface area contributed by atoms with E-state index in [4.69, 9.17) is 28.4 Å². The van der Waals surface area contributed by atoms with Crippen molar-refractivity contribution in [2.45, 2.75) is 17.8 Å². The van der Waals surface area contributed by atoms with Crippen molar-refractivity contribution in [2.24, 2.45) is 0 Å². The van der Waals surface area contributed by atoms with E-state index in [0.717, 1.165) is 19.8 Å². The van der Waals surface area contributed by atoms with Crippen LogP contribution in [0.5, 0.6) is 0 Å². The van der Waals surface area contributed by atoms with Gasteiger partial charge in [0.25, 0.3) is 0 Å². The minimum atomic E-state index is -0.214. The Morgan fingerprint density at radius 1 is 0.889 bits per heavy atom. The number of hydrogen-bond donors (Lipinski definition) is 0. The third-order valence-corrected chi connectivity index (χ3v) is 3.07. The van der Waals surface area contributed by atoms with Crippen LogP contribution < -0.4 is 0 Å². The Bertz CT molecular complexity index is 259. The molecule has 0 aromatic rings. The Hall–Kier alpha value is -0.240. The van der Waals surface area contributed by atoms with Gasteiger partial charge >= 0.3 is 0 Å². The highest BCUT2D eigenvalue weighted by Crippen LogP contribution is 2.28. The first kappa shape index (κ1) is 12.8. The third-order valence-electron chi connectivity index (χ3n) is 3.07. The Morgan fingerprint density at radius 3 is 2.06 bits per heavy atom. The van der Waals surface area contributed by atoms with Crippen molar-refractivity contribution in [2.75, 3.05) is 59.5 Å². The van der Waals surface area contributed by atoms with Crippen molar-refractivity contribution in [1.82, 2.24) is 0 Å². The van der Waals surface area contributed by atoms with Crippen molar-refractivity contribution in [3.63, 3.8) is 0 Å². The first-order valence-electron chi connectivity index (χ1n) is 6.47. The van der Waals surface area contributed by atoms with Gasteiger partial charge in [-0.3, -0.25) is 0 Å². The number of ether oxygens (including phenoxy) is 6. The molecular weight excluding hydrogens is 240 g/mol. The molecule has 3 atom stereocenters. The zero-order valence-electron chi connectivity index (χ0n) is 10.5. The van der Waals surface area contributed by atoms with Gasteiger partial charge in [-0.15, -0.1) is 0 Å². The van der Waals surface area contributed by atoms with Crippen LogP contribution in [0.3, 0.4) is 0 Å². The molecule has 3 saturated heterocycles. The molecule has 0 aromatic carbocycles. The molecule has 0 bridgehead atoms. The van der Waals surface area contributed by atoms with E-state index < -0.39 is 0 Å². The fourth-order valence-electron chi connectivity index (χ4n) is 1.61. The lowest BCUT2D eigenvalue weighted by molar-refractivity contribution is -0.00665. The molecule has 0 spiro atoms. The maximum atomic E-state index is 5.53. The lowest BCUT2D eigenvalue weighted by atomic mass is 10.2. The summed E-state index contributed by atoms with van der Waals surface area (Å²) in [5.41, 5.74) is -0.214. The molecule has 6 heteroatoms. The van der Waals surface area contributed by atoms with Crippen molar-refractivity contribution in [3.8, 4) is 0 Å². The summed E-state index contributed by atoms with van der Waals surface area (Å²) in [6.07, 6.45) is 0.626. The summed E-state index contributed by atoms with van der Waals surface area (Å²) in [5, 5.41) is 0. The van der Waals surface area contributed by atoms with E-state index in [1.165, 1.54) is 0 Å². The normalized spacial score (nSPS) is 36.7. The highest BCUT2D eigenvalue weighted by atomic mass is 16.7. The Morgan fingerprint density at radius 2 is 1.44 bits per heavy atom. The summed E-state index contributed by atoms with van der Waals surface area (Å²) >= 11 is 0. The monoisotopic (exact) mass is 260 g/mol. The maximum Gasteiger partial charge on any atom is 0.138 e. The third kappa shape index (κ3) is 4.46. The molecule has 0 aliphatic carbocycles. The molecular formula is C12H20O6. The molecule has 3 fully saturated rings. The highest BCUT2D eigenvalue weighted by molar-refractivity contribution is 4.92. The second-order valence-electron chi connectivity index (χ2n) is 5.03. The van der Waals surface area contributed by atoms with Crippen LogP contribution in [-0.4, -0.2) is 77.3 Å². The molecule has 0 amide bonds. The largest absolute Gasteiger partial charge is 0.376 e. The molecule has 0 saturated carbocycles. The van der Waals surface area contributed by atoms with E-state index in [2.05, 4.69) is 0 Å². The van der Waals surface area contributed by atoms with Crippen LogP contribution >= 0.6 is 0 Å². The minimum absolute atomic E-state index is 0.214. The number of rotatable bonds is 11. The van der Waals surface area contributed by atoms with E-state index in [0.29, 0.717) is 51.8 Å². The van der Waals surface area contributed by atoms with Gasteiger partial charge in [0.1, 0.15) is 17.8 Å². The van der Waals surface area contributed by atoms with E-state index in [1.54, 1.807) is 0 Å². The van der Waals surface area contributed by atoms with Crippen LogP contribution in [0.4, 0.5) is 0 Å². The summed E-state index contributed by atoms with van der Waals surface area (Å²) in [5.74, 6) is 0. The lowest BCUT2D eigenvalue weighted by Gasteiger charge is -2.12. The molecule has 18 heavy (non-hydrogen) atoms.